The number of carbonyl (C=O) groups is 2. The number of benzene rings is 1. The summed E-state index contributed by atoms with van der Waals surface area (Å²) in [6.45, 7) is 8.51. The fraction of sp³-hybridized carbons (Fsp3) is 0.529. The molecule has 1 aromatic rings. The first-order chi connectivity index (χ1) is 9.93. The van der Waals surface area contributed by atoms with Gasteiger partial charge in [0.1, 0.15) is 5.75 Å². The molecule has 114 valence electrons. The average Bonchev–Trinajstić information content (AvgIpc) is 2.43. The lowest BCUT2D eigenvalue weighted by molar-refractivity contribution is -0.125. The molecule has 0 aromatic heterocycles. The maximum atomic E-state index is 12.3. The van der Waals surface area contributed by atoms with E-state index >= 15 is 0 Å². The molecular formula is C17H23NO3. The lowest BCUT2D eigenvalue weighted by Crippen LogP contribution is -2.46. The number of ether oxygens (including phenoxy) is 1. The second kappa shape index (κ2) is 6.29. The second-order valence-corrected chi connectivity index (χ2v) is 5.96. The normalized spacial score (nSPS) is 17.7. The summed E-state index contributed by atoms with van der Waals surface area (Å²) >= 11 is 0. The zero-order valence-electron chi connectivity index (χ0n) is 13.2. The first-order valence-electron chi connectivity index (χ1n) is 7.59. The van der Waals surface area contributed by atoms with Crippen LogP contribution in [-0.4, -0.2) is 24.3 Å². The van der Waals surface area contributed by atoms with E-state index in [-0.39, 0.29) is 11.7 Å². The SMILES string of the molecule is CCCC(=O)c1ccc2c(c1)N(CC(C)C)C(=O)C(C)O2. The van der Waals surface area contributed by atoms with E-state index in [0.717, 1.165) is 6.42 Å². The van der Waals surface area contributed by atoms with Gasteiger partial charge in [0.25, 0.3) is 5.91 Å². The molecule has 1 aromatic carbocycles. The first kappa shape index (κ1) is 15.5. The van der Waals surface area contributed by atoms with Gasteiger partial charge < -0.3 is 9.64 Å². The van der Waals surface area contributed by atoms with Crippen molar-refractivity contribution in [2.45, 2.75) is 46.6 Å². The Bertz CT molecular complexity index is 551. The van der Waals surface area contributed by atoms with Gasteiger partial charge in [-0.1, -0.05) is 20.8 Å². The van der Waals surface area contributed by atoms with Crippen molar-refractivity contribution in [2.24, 2.45) is 5.92 Å². The van der Waals surface area contributed by atoms with Crippen molar-refractivity contribution >= 4 is 17.4 Å². The summed E-state index contributed by atoms with van der Waals surface area (Å²) in [5.41, 5.74) is 1.36. The molecule has 21 heavy (non-hydrogen) atoms. The van der Waals surface area contributed by atoms with Gasteiger partial charge in [0.2, 0.25) is 0 Å². The summed E-state index contributed by atoms with van der Waals surface area (Å²) in [6, 6.07) is 5.38. The zero-order chi connectivity index (χ0) is 15.6. The molecule has 0 aliphatic carbocycles. The summed E-state index contributed by atoms with van der Waals surface area (Å²) in [6.07, 6.45) is 0.861. The van der Waals surface area contributed by atoms with Crippen LogP contribution in [0, 0.1) is 5.92 Å². The van der Waals surface area contributed by atoms with Gasteiger partial charge in [0, 0.05) is 18.5 Å². The van der Waals surface area contributed by atoms with Crippen LogP contribution in [-0.2, 0) is 4.79 Å². The van der Waals surface area contributed by atoms with E-state index in [4.69, 9.17) is 4.74 Å². The van der Waals surface area contributed by atoms with Crippen LogP contribution in [0.15, 0.2) is 18.2 Å². The molecule has 0 saturated carbocycles. The third-order valence-electron chi connectivity index (χ3n) is 3.51. The minimum Gasteiger partial charge on any atom is -0.479 e. The van der Waals surface area contributed by atoms with Crippen LogP contribution in [0.25, 0.3) is 0 Å². The van der Waals surface area contributed by atoms with Gasteiger partial charge in [-0.15, -0.1) is 0 Å². The number of fused-ring (bicyclic) bond motifs is 1. The van der Waals surface area contributed by atoms with Crippen molar-refractivity contribution in [2.75, 3.05) is 11.4 Å². The summed E-state index contributed by atoms with van der Waals surface area (Å²) in [5, 5.41) is 0. The fourth-order valence-corrected chi connectivity index (χ4v) is 2.51. The molecule has 4 nitrogen and oxygen atoms in total. The quantitative estimate of drug-likeness (QED) is 0.780. The van der Waals surface area contributed by atoms with E-state index in [1.54, 1.807) is 30.0 Å². The molecule has 1 amide bonds. The van der Waals surface area contributed by atoms with Crippen LogP contribution >= 0.6 is 0 Å². The lowest BCUT2D eigenvalue weighted by atomic mass is 10.0. The number of rotatable bonds is 5. The molecule has 0 bridgehead atoms. The maximum absolute atomic E-state index is 12.3. The molecule has 0 fully saturated rings. The number of nitrogens with zero attached hydrogens (tertiary/aromatic N) is 1. The van der Waals surface area contributed by atoms with Crippen LogP contribution in [0.1, 0.15) is 50.9 Å². The Morgan fingerprint density at radius 3 is 2.71 bits per heavy atom. The van der Waals surface area contributed by atoms with Gasteiger partial charge in [0.15, 0.2) is 11.9 Å². The smallest absolute Gasteiger partial charge is 0.267 e. The molecule has 1 atom stereocenters. The van der Waals surface area contributed by atoms with Gasteiger partial charge in [0.05, 0.1) is 5.69 Å². The number of ketones is 1. The third-order valence-corrected chi connectivity index (χ3v) is 3.51. The Morgan fingerprint density at radius 2 is 2.10 bits per heavy atom. The second-order valence-electron chi connectivity index (χ2n) is 5.96. The molecule has 0 radical (unpaired) electrons. The Morgan fingerprint density at radius 1 is 1.38 bits per heavy atom. The van der Waals surface area contributed by atoms with E-state index < -0.39 is 6.10 Å². The van der Waals surface area contributed by atoms with E-state index in [0.29, 0.717) is 35.9 Å². The molecule has 1 heterocycles. The largest absolute Gasteiger partial charge is 0.479 e. The number of Topliss-reactive ketones (excluding diaryl/α,β-unsaturated/α-hetero) is 1. The number of hydrogen-bond donors (Lipinski definition) is 0. The molecule has 4 heteroatoms. The molecule has 0 N–H and O–H groups in total. The fourth-order valence-electron chi connectivity index (χ4n) is 2.51. The third kappa shape index (κ3) is 3.26. The lowest BCUT2D eigenvalue weighted by Gasteiger charge is -2.34. The number of anilines is 1. The van der Waals surface area contributed by atoms with E-state index in [9.17, 15) is 9.59 Å². The molecule has 1 aliphatic heterocycles. The summed E-state index contributed by atoms with van der Waals surface area (Å²) < 4.78 is 5.65. The Balaban J connectivity index is 2.40. The number of amides is 1. The highest BCUT2D eigenvalue weighted by molar-refractivity contribution is 6.03. The summed E-state index contributed by atoms with van der Waals surface area (Å²) in [5.74, 6) is 1.09. The van der Waals surface area contributed by atoms with Gasteiger partial charge in [-0.2, -0.15) is 0 Å². The highest BCUT2D eigenvalue weighted by atomic mass is 16.5. The van der Waals surface area contributed by atoms with Crippen molar-refractivity contribution in [3.8, 4) is 5.75 Å². The van der Waals surface area contributed by atoms with E-state index in [1.165, 1.54) is 0 Å². The van der Waals surface area contributed by atoms with Crippen molar-refractivity contribution in [1.82, 2.24) is 0 Å². The highest BCUT2D eigenvalue weighted by Crippen LogP contribution is 2.35. The molecule has 0 saturated heterocycles. The van der Waals surface area contributed by atoms with Crippen molar-refractivity contribution in [3.63, 3.8) is 0 Å². The monoisotopic (exact) mass is 289 g/mol. The Hall–Kier alpha value is -1.84. The van der Waals surface area contributed by atoms with Crippen LogP contribution in [0.5, 0.6) is 5.75 Å². The molecule has 1 unspecified atom stereocenters. The van der Waals surface area contributed by atoms with E-state index in [1.807, 2.05) is 6.92 Å². The number of carbonyl (C=O) groups excluding carboxylic acids is 2. The van der Waals surface area contributed by atoms with Crippen LogP contribution in [0.4, 0.5) is 5.69 Å². The predicted octanol–water partition coefficient (Wildman–Crippen LogP) is 3.44. The van der Waals surface area contributed by atoms with Crippen LogP contribution < -0.4 is 9.64 Å². The first-order valence-corrected chi connectivity index (χ1v) is 7.59. The van der Waals surface area contributed by atoms with Gasteiger partial charge >= 0.3 is 0 Å². The van der Waals surface area contributed by atoms with E-state index in [2.05, 4.69) is 13.8 Å². The van der Waals surface area contributed by atoms with Gasteiger partial charge in [-0.05, 0) is 37.5 Å². The van der Waals surface area contributed by atoms with Crippen molar-refractivity contribution in [1.29, 1.82) is 0 Å². The highest BCUT2D eigenvalue weighted by Gasteiger charge is 2.32. The minimum absolute atomic E-state index is 0.0451. The minimum atomic E-state index is -0.478. The summed E-state index contributed by atoms with van der Waals surface area (Å²) in [4.78, 5) is 26.2. The molecule has 2 rings (SSSR count). The summed E-state index contributed by atoms with van der Waals surface area (Å²) in [7, 11) is 0. The Labute approximate surface area is 126 Å². The predicted molar refractivity (Wildman–Crippen MR) is 83.0 cm³/mol. The Kier molecular flexibility index (Phi) is 4.66. The van der Waals surface area contributed by atoms with Crippen LogP contribution in [0.2, 0.25) is 0 Å². The molecule has 1 aliphatic rings. The molecular weight excluding hydrogens is 266 g/mol. The number of hydrogen-bond acceptors (Lipinski definition) is 3. The standard InChI is InChI=1S/C17H23NO3/c1-5-6-15(19)13-7-8-16-14(9-13)18(10-11(2)3)17(20)12(4)21-16/h7-9,11-12H,5-6,10H2,1-4H3. The maximum Gasteiger partial charge on any atom is 0.267 e. The van der Waals surface area contributed by atoms with Gasteiger partial charge in [-0.25, -0.2) is 0 Å². The zero-order valence-corrected chi connectivity index (χ0v) is 13.2. The van der Waals surface area contributed by atoms with Crippen molar-refractivity contribution in [3.05, 3.63) is 23.8 Å². The van der Waals surface area contributed by atoms with Crippen molar-refractivity contribution < 1.29 is 14.3 Å². The average molecular weight is 289 g/mol. The molecule has 0 spiro atoms. The van der Waals surface area contributed by atoms with Crippen LogP contribution in [0.3, 0.4) is 0 Å². The van der Waals surface area contributed by atoms with Gasteiger partial charge in [-0.3, -0.25) is 9.59 Å². The topological polar surface area (TPSA) is 46.6 Å².